The molecule has 3 rings (SSSR count). The summed E-state index contributed by atoms with van der Waals surface area (Å²) in [6.07, 6.45) is 8.38. The molecule has 0 spiro atoms. The molecule has 21 nitrogen and oxygen atoms in total. The molecule has 1 aromatic carbocycles. The lowest BCUT2D eigenvalue weighted by Gasteiger charge is -2.24. The van der Waals surface area contributed by atoms with Gasteiger partial charge >= 0.3 is 5.97 Å². The molecule has 0 fully saturated rings. The van der Waals surface area contributed by atoms with Crippen LogP contribution in [0.15, 0.2) is 22.8 Å². The highest BCUT2D eigenvalue weighted by Crippen LogP contribution is 2.29. The van der Waals surface area contributed by atoms with E-state index in [1.165, 1.54) is 0 Å². The minimum absolute atomic E-state index is 0.0176. The Kier molecular flexibility index (Phi) is 36.7. The van der Waals surface area contributed by atoms with Crippen LogP contribution in [0.25, 0.3) is 6.08 Å². The number of carbonyl (C=O) groups excluding carboxylic acids is 3. The van der Waals surface area contributed by atoms with E-state index in [0.717, 1.165) is 44.5 Å². The molecule has 2 amide bonds. The van der Waals surface area contributed by atoms with E-state index < -0.39 is 41.4 Å². The summed E-state index contributed by atoms with van der Waals surface area (Å²) < 4.78 is 115. The Morgan fingerprint density at radius 3 is 1.62 bits per heavy atom. The van der Waals surface area contributed by atoms with E-state index in [9.17, 15) is 31.9 Å². The van der Waals surface area contributed by atoms with E-state index in [-0.39, 0.29) is 49.5 Å². The number of amides is 2. The second-order valence-electron chi connectivity index (χ2n) is 19.8. The molecule has 2 aromatic rings. The number of esters is 1. The molecule has 0 unspecified atom stereocenters. The van der Waals surface area contributed by atoms with Crippen LogP contribution in [0.3, 0.4) is 0 Å². The van der Waals surface area contributed by atoms with Crippen molar-refractivity contribution in [2.24, 2.45) is 16.1 Å². The maximum atomic E-state index is 13.8. The molecule has 0 aliphatic carbocycles. The van der Waals surface area contributed by atoms with Crippen molar-refractivity contribution in [3.63, 3.8) is 0 Å². The highest BCUT2D eigenvalue weighted by molar-refractivity contribution is 6.05. The summed E-state index contributed by atoms with van der Waals surface area (Å²) >= 11 is 0. The number of amidine groups is 1. The minimum Gasteiger partial charge on any atom is -0.420 e. The Balaban J connectivity index is 1.04. The zero-order valence-corrected chi connectivity index (χ0v) is 47.8. The number of benzene rings is 1. The number of ether oxygens (including phenoxy) is 11. The van der Waals surface area contributed by atoms with Gasteiger partial charge in [0.2, 0.25) is 29.2 Å². The van der Waals surface area contributed by atoms with Crippen molar-refractivity contribution in [1.82, 2.24) is 24.9 Å². The summed E-state index contributed by atoms with van der Waals surface area (Å²) in [6.45, 7) is 19.8. The van der Waals surface area contributed by atoms with Crippen LogP contribution < -0.4 is 15.8 Å². The van der Waals surface area contributed by atoms with Crippen molar-refractivity contribution in [3.8, 4) is 5.75 Å². The minimum atomic E-state index is -1.80. The predicted molar refractivity (Wildman–Crippen MR) is 291 cm³/mol. The van der Waals surface area contributed by atoms with Gasteiger partial charge in [-0.05, 0) is 50.8 Å². The number of aliphatic imine (C=N–C) groups is 1. The van der Waals surface area contributed by atoms with Gasteiger partial charge in [-0.2, -0.15) is 13.9 Å². The molecule has 2 heterocycles. The van der Waals surface area contributed by atoms with Crippen LogP contribution in [0.4, 0.5) is 23.2 Å². The number of nitrogens with one attached hydrogen (secondary N) is 1. The zero-order chi connectivity index (χ0) is 58.2. The summed E-state index contributed by atoms with van der Waals surface area (Å²) in [4.78, 5) is 46.5. The van der Waals surface area contributed by atoms with Crippen molar-refractivity contribution in [2.45, 2.75) is 85.6 Å². The molecule has 0 bridgehead atoms. The highest BCUT2D eigenvalue weighted by atomic mass is 19.2. The fraction of sp³-hybridized carbons (Fsp3) is 0.727. The number of hydrogen-bond acceptors (Lipinski definition) is 18. The first kappa shape index (κ1) is 69.6. The first-order valence-corrected chi connectivity index (χ1v) is 27.7. The third-order valence-corrected chi connectivity index (χ3v) is 11.6. The van der Waals surface area contributed by atoms with Gasteiger partial charge in [0.15, 0.2) is 11.6 Å². The first-order chi connectivity index (χ1) is 38.6. The zero-order valence-electron chi connectivity index (χ0n) is 47.8. The summed E-state index contributed by atoms with van der Waals surface area (Å²) in [5.74, 6) is -9.17. The second kappa shape index (κ2) is 42.2. The lowest BCUT2D eigenvalue weighted by atomic mass is 9.92. The maximum Gasteiger partial charge on any atom is 0.313 e. The lowest BCUT2D eigenvalue weighted by molar-refractivity contribution is -0.136. The van der Waals surface area contributed by atoms with Crippen molar-refractivity contribution >= 4 is 35.4 Å². The quantitative estimate of drug-likeness (QED) is 0.0268. The number of rotatable bonds is 48. The van der Waals surface area contributed by atoms with Crippen LogP contribution in [0.2, 0.25) is 0 Å². The molecular weight excluding hydrogens is 1060 g/mol. The molecule has 0 saturated heterocycles. The third kappa shape index (κ3) is 31.5. The van der Waals surface area contributed by atoms with E-state index >= 15 is 0 Å². The molecule has 0 atom stereocenters. The van der Waals surface area contributed by atoms with Crippen molar-refractivity contribution < 1.29 is 84.1 Å². The third-order valence-electron chi connectivity index (χ3n) is 11.6. The molecule has 0 saturated carbocycles. The Morgan fingerprint density at radius 2 is 1.14 bits per heavy atom. The number of carbonyl (C=O) groups is 3. The van der Waals surface area contributed by atoms with Gasteiger partial charge < -0.3 is 73.0 Å². The van der Waals surface area contributed by atoms with Crippen LogP contribution in [0, 0.1) is 28.7 Å². The smallest absolute Gasteiger partial charge is 0.313 e. The highest BCUT2D eigenvalue weighted by Gasteiger charge is 2.25. The Bertz CT molecular complexity index is 2090. The predicted octanol–water partition coefficient (Wildman–Crippen LogP) is 5.66. The van der Waals surface area contributed by atoms with Gasteiger partial charge in [-0.25, -0.2) is 13.8 Å². The summed E-state index contributed by atoms with van der Waals surface area (Å²) in [6, 6.07) is 0.0176. The fourth-order valence-corrected chi connectivity index (χ4v) is 7.57. The number of aromatic nitrogens is 2. The van der Waals surface area contributed by atoms with Crippen molar-refractivity contribution in [3.05, 3.63) is 46.8 Å². The summed E-state index contributed by atoms with van der Waals surface area (Å²) in [5.41, 5.74) is 8.26. The number of nitrogens with two attached hydrogens (primary N) is 1. The van der Waals surface area contributed by atoms with Gasteiger partial charge in [0, 0.05) is 57.2 Å². The molecule has 1 aliphatic heterocycles. The molecule has 3 N–H and O–H groups in total. The molecule has 456 valence electrons. The normalized spacial score (nSPS) is 12.6. The number of hydrogen-bond donors (Lipinski definition) is 2. The van der Waals surface area contributed by atoms with Crippen LogP contribution in [-0.2, 0) is 68.3 Å². The van der Waals surface area contributed by atoms with E-state index in [1.54, 1.807) is 6.20 Å². The van der Waals surface area contributed by atoms with E-state index in [2.05, 4.69) is 32.1 Å². The maximum absolute atomic E-state index is 13.8. The van der Waals surface area contributed by atoms with Crippen LogP contribution in [0.5, 0.6) is 5.75 Å². The lowest BCUT2D eigenvalue weighted by Crippen LogP contribution is -2.37. The number of fused-ring (bicyclic) bond motifs is 1. The average molecular weight is 1150 g/mol. The van der Waals surface area contributed by atoms with Crippen molar-refractivity contribution in [1.29, 1.82) is 0 Å². The van der Waals surface area contributed by atoms with Gasteiger partial charge in [0.1, 0.15) is 11.5 Å². The number of unbranched alkanes of at least 4 members (excludes halogenated alkanes) is 2. The van der Waals surface area contributed by atoms with Gasteiger partial charge in [-0.3, -0.25) is 19.1 Å². The molecule has 80 heavy (non-hydrogen) atoms. The van der Waals surface area contributed by atoms with E-state index in [0.29, 0.717) is 168 Å². The molecule has 0 radical (unpaired) electrons. The first-order valence-electron chi connectivity index (χ1n) is 27.7. The number of likely N-dealkylation sites (N-methyl/N-ethyl adjacent to an activating group) is 1. The fourth-order valence-electron chi connectivity index (χ4n) is 7.57. The van der Waals surface area contributed by atoms with Crippen molar-refractivity contribution in [2.75, 3.05) is 172 Å². The van der Waals surface area contributed by atoms with E-state index in [4.69, 9.17) is 53.1 Å². The number of aryl methyl sites for hydroxylation is 1. The summed E-state index contributed by atoms with van der Waals surface area (Å²) in [5, 5.41) is 7.57. The summed E-state index contributed by atoms with van der Waals surface area (Å²) in [7, 11) is 2.09. The van der Waals surface area contributed by atoms with Gasteiger partial charge in [0.25, 0.3) is 0 Å². The Morgan fingerprint density at radius 1 is 0.650 bits per heavy atom. The van der Waals surface area contributed by atoms with Gasteiger partial charge in [-0.15, -0.1) is 0 Å². The SMILES string of the molecule is CCCN(CCCNC(=O)CC(C)(C)C)C(=O)C1=Cc2c(cnn2CCCCCN(C)CCOCCOCCOCCOCCOCCOCCOCCOCCOCCOCCC(=O)Oc2c(F)c(F)cc(F)c2F)N=C(N)C1. The molecule has 1 aromatic heterocycles. The molecule has 1 aliphatic rings. The van der Waals surface area contributed by atoms with E-state index in [1.807, 2.05) is 43.4 Å². The second-order valence-corrected chi connectivity index (χ2v) is 19.8. The monoisotopic (exact) mass is 1150 g/mol. The average Bonchev–Trinajstić information content (AvgIpc) is 3.72. The molecular formula is C55H89F4N7O14. The Labute approximate surface area is 469 Å². The standard InChI is InChI=1S/C55H89F4N7O14/c1-6-13-65(15-10-12-61-49(67)41-55(2,3)4)54(69)43-38-47-46(63-48(60)39-43)42-62-66(47)16-9-7-8-14-64(5)17-19-71-21-23-73-25-27-75-29-31-77-33-35-79-37-36-78-34-32-76-30-28-74-26-24-72-22-20-70-18-11-50(68)80-53-51(58)44(56)40-45(57)52(53)59/h38,40,42H,6-37,39,41H2,1-5H3,(H2,60,63)(H,61,67). The van der Waals surface area contributed by atoms with Crippen LogP contribution in [0.1, 0.15) is 84.8 Å². The van der Waals surface area contributed by atoms with Gasteiger partial charge in [-0.1, -0.05) is 34.1 Å². The number of halogens is 4. The van der Waals surface area contributed by atoms with Crippen LogP contribution in [-0.4, -0.2) is 215 Å². The molecule has 25 heteroatoms. The van der Waals surface area contributed by atoms with Crippen LogP contribution >= 0.6 is 0 Å². The largest absolute Gasteiger partial charge is 0.420 e. The Hall–Kier alpha value is -4.67. The number of nitrogens with zero attached hydrogens (tertiary/aromatic N) is 5. The van der Waals surface area contributed by atoms with Gasteiger partial charge in [0.05, 0.1) is 150 Å². The topological polar surface area (TPSA) is 227 Å².